The summed E-state index contributed by atoms with van der Waals surface area (Å²) in [6.07, 6.45) is 9.32. The van der Waals surface area contributed by atoms with Crippen LogP contribution in [-0.4, -0.2) is 15.1 Å². The van der Waals surface area contributed by atoms with Crippen LogP contribution in [0.1, 0.15) is 6.92 Å². The lowest BCUT2D eigenvalue weighted by atomic mass is 9.83. The molecule has 9 aromatic rings. The highest BCUT2D eigenvalue weighted by atomic mass is 28.2. The summed E-state index contributed by atoms with van der Waals surface area (Å²) in [5, 5.41) is 7.64. The lowest BCUT2D eigenvalue weighted by Crippen LogP contribution is -2.47. The van der Waals surface area contributed by atoms with Crippen molar-refractivity contribution in [2.75, 3.05) is 14.7 Å². The van der Waals surface area contributed by atoms with Crippen LogP contribution in [0.5, 0.6) is 0 Å². The Hall–Kier alpha value is -7.34. The van der Waals surface area contributed by atoms with E-state index < -0.39 is 9.52 Å². The van der Waals surface area contributed by atoms with Crippen molar-refractivity contribution in [1.82, 2.24) is 0 Å². The van der Waals surface area contributed by atoms with Gasteiger partial charge in [-0.3, -0.25) is 4.90 Å². The zero-order valence-electron chi connectivity index (χ0n) is 33.2. The Morgan fingerprint density at radius 1 is 0.567 bits per heavy atom. The van der Waals surface area contributed by atoms with E-state index in [9.17, 15) is 0 Å². The zero-order valence-corrected chi connectivity index (χ0v) is 34.7. The zero-order chi connectivity index (χ0) is 39.8. The van der Waals surface area contributed by atoms with Gasteiger partial charge in [-0.1, -0.05) is 140 Å². The third-order valence-electron chi connectivity index (χ3n) is 12.9. The summed E-state index contributed by atoms with van der Waals surface area (Å²) >= 11 is 0. The van der Waals surface area contributed by atoms with Crippen LogP contribution in [0, 0.1) is 5.92 Å². The smallest absolute Gasteiger partial charge is 0.137 e. The van der Waals surface area contributed by atoms with Gasteiger partial charge in [-0.2, -0.15) is 0 Å². The molecule has 4 nitrogen and oxygen atoms in total. The summed E-state index contributed by atoms with van der Waals surface area (Å²) in [5.74, 6) is 1.58. The first-order valence-electron chi connectivity index (χ1n) is 20.8. The highest BCUT2D eigenvalue weighted by Crippen LogP contribution is 2.53. The third-order valence-corrected chi connectivity index (χ3v) is 15.0. The molecule has 0 bridgehead atoms. The molecule has 1 aliphatic carbocycles. The van der Waals surface area contributed by atoms with Gasteiger partial charge in [0.2, 0.25) is 0 Å². The second-order valence-electron chi connectivity index (χ2n) is 16.3. The van der Waals surface area contributed by atoms with Crippen molar-refractivity contribution in [3.8, 4) is 11.1 Å². The second kappa shape index (κ2) is 13.6. The Bertz CT molecular complexity index is 3220. The molecule has 0 amide bonds. The molecule has 2 aliphatic heterocycles. The number of allylic oxidation sites excluding steroid dienone is 2. The summed E-state index contributed by atoms with van der Waals surface area (Å²) in [7, 11) is -0.877. The highest BCUT2D eigenvalue weighted by Gasteiger charge is 2.52. The molecule has 12 rings (SSSR count). The molecule has 5 heteroatoms. The van der Waals surface area contributed by atoms with Gasteiger partial charge in [0.25, 0.3) is 0 Å². The molecule has 0 N–H and O–H groups in total. The van der Waals surface area contributed by atoms with E-state index in [2.05, 4.69) is 234 Å². The minimum atomic E-state index is -0.877. The minimum absolute atomic E-state index is 0.232. The van der Waals surface area contributed by atoms with E-state index in [0.29, 0.717) is 0 Å². The first-order valence-corrected chi connectivity index (χ1v) is 22.3. The Labute approximate surface area is 352 Å². The van der Waals surface area contributed by atoms with Crippen LogP contribution in [0.3, 0.4) is 0 Å². The van der Waals surface area contributed by atoms with E-state index in [1.54, 1.807) is 5.20 Å². The van der Waals surface area contributed by atoms with Crippen molar-refractivity contribution in [1.29, 1.82) is 0 Å². The van der Waals surface area contributed by atoms with Crippen LogP contribution in [0.4, 0.5) is 34.1 Å². The normalized spacial score (nSPS) is 18.4. The summed E-state index contributed by atoms with van der Waals surface area (Å²) in [6.45, 7) is 2.41. The molecule has 0 fully saturated rings. The average Bonchev–Trinajstić information content (AvgIpc) is 3.80. The van der Waals surface area contributed by atoms with Gasteiger partial charge in [-0.05, 0) is 101 Å². The monoisotopic (exact) mass is 787 g/mol. The van der Waals surface area contributed by atoms with Crippen LogP contribution in [0.25, 0.3) is 43.8 Å². The molecular formula is C55H41N3OSi. The van der Waals surface area contributed by atoms with E-state index in [1.165, 1.54) is 38.7 Å². The van der Waals surface area contributed by atoms with Gasteiger partial charge in [0, 0.05) is 56.6 Å². The fraction of sp³-hybridized carbons (Fsp3) is 0.0545. The van der Waals surface area contributed by atoms with Crippen LogP contribution < -0.4 is 19.9 Å². The molecular weight excluding hydrogens is 747 g/mol. The fourth-order valence-electron chi connectivity index (χ4n) is 10.1. The molecule has 2 atom stereocenters. The fourth-order valence-corrected chi connectivity index (χ4v) is 12.4. The largest absolute Gasteiger partial charge is 0.456 e. The van der Waals surface area contributed by atoms with Gasteiger partial charge in [0.05, 0.1) is 20.7 Å². The minimum Gasteiger partial charge on any atom is -0.456 e. The van der Waals surface area contributed by atoms with Gasteiger partial charge in [-0.15, -0.1) is 0 Å². The molecule has 0 spiro atoms. The summed E-state index contributed by atoms with van der Waals surface area (Å²) in [5.41, 5.74) is 10.7. The van der Waals surface area contributed by atoms with Crippen molar-refractivity contribution in [2.45, 2.75) is 12.5 Å². The Kier molecular flexibility index (Phi) is 7.87. The van der Waals surface area contributed by atoms with Gasteiger partial charge in [0.1, 0.15) is 17.0 Å². The first kappa shape index (κ1) is 34.7. The molecule has 8 aromatic carbocycles. The van der Waals surface area contributed by atoms with Crippen LogP contribution in [-0.2, 0) is 0 Å². The highest BCUT2D eigenvalue weighted by molar-refractivity contribution is 6.64. The molecule has 3 aliphatic rings. The summed E-state index contributed by atoms with van der Waals surface area (Å²) in [6, 6.07) is 68.3. The molecule has 0 saturated heterocycles. The van der Waals surface area contributed by atoms with Gasteiger partial charge >= 0.3 is 0 Å². The Morgan fingerprint density at radius 2 is 1.23 bits per heavy atom. The van der Waals surface area contributed by atoms with Crippen molar-refractivity contribution in [3.05, 3.63) is 223 Å². The first-order chi connectivity index (χ1) is 29.6. The SMILES string of the molecule is CC12C=CC=CC1C1=C(N(c3ccccc3)c3cc(N(c4ccc5c(c4)oc4cc(-c6ccccc6)ccc45)c4cccc5ccccc45)ccc3[SiH2]1)N2c1ccccc1. The molecule has 0 radical (unpaired) electrons. The molecule has 60 heavy (non-hydrogen) atoms. The van der Waals surface area contributed by atoms with Crippen molar-refractivity contribution in [3.63, 3.8) is 0 Å². The number of para-hydroxylation sites is 2. The maximum Gasteiger partial charge on any atom is 0.137 e. The van der Waals surface area contributed by atoms with E-state index in [0.717, 1.165) is 50.3 Å². The molecule has 0 saturated carbocycles. The Morgan fingerprint density at radius 3 is 2.05 bits per heavy atom. The van der Waals surface area contributed by atoms with E-state index >= 15 is 0 Å². The number of fused-ring (bicyclic) bond motifs is 7. The molecule has 3 heterocycles. The number of benzene rings is 8. The Balaban J connectivity index is 1.06. The van der Waals surface area contributed by atoms with Crippen molar-refractivity contribution in [2.24, 2.45) is 5.92 Å². The number of anilines is 6. The van der Waals surface area contributed by atoms with Gasteiger partial charge < -0.3 is 14.2 Å². The topological polar surface area (TPSA) is 22.9 Å². The lowest BCUT2D eigenvalue weighted by molar-refractivity contribution is 0.499. The lowest BCUT2D eigenvalue weighted by Gasteiger charge is -2.43. The quantitative estimate of drug-likeness (QED) is 0.157. The van der Waals surface area contributed by atoms with Gasteiger partial charge in [-0.25, -0.2) is 0 Å². The summed E-state index contributed by atoms with van der Waals surface area (Å²) in [4.78, 5) is 7.59. The average molecular weight is 788 g/mol. The number of rotatable bonds is 6. The maximum atomic E-state index is 6.74. The van der Waals surface area contributed by atoms with Crippen LogP contribution in [0.2, 0.25) is 0 Å². The third kappa shape index (κ3) is 5.36. The maximum absolute atomic E-state index is 6.74. The van der Waals surface area contributed by atoms with E-state index in [4.69, 9.17) is 4.42 Å². The predicted molar refractivity (Wildman–Crippen MR) is 254 cm³/mol. The van der Waals surface area contributed by atoms with Crippen LogP contribution >= 0.6 is 0 Å². The number of nitrogens with zero attached hydrogens (tertiary/aromatic N) is 3. The number of hydrogen-bond acceptors (Lipinski definition) is 4. The van der Waals surface area contributed by atoms with Gasteiger partial charge in [0.15, 0.2) is 0 Å². The molecule has 2 unspecified atom stereocenters. The van der Waals surface area contributed by atoms with Crippen LogP contribution in [0.15, 0.2) is 228 Å². The van der Waals surface area contributed by atoms with Crippen molar-refractivity contribution < 1.29 is 4.42 Å². The van der Waals surface area contributed by atoms with Crippen molar-refractivity contribution >= 4 is 81.5 Å². The summed E-state index contributed by atoms with van der Waals surface area (Å²) < 4.78 is 6.74. The van der Waals surface area contributed by atoms with E-state index in [1.807, 2.05) is 0 Å². The number of furan rings is 1. The second-order valence-corrected chi connectivity index (χ2v) is 18.2. The standard InChI is InChI=1S/C55H41N3OSi/c1-55-33-14-13-25-47(55)53-54(58(55)41-22-9-4-10-23-41)57(40-20-7-3-8-21-40)49-35-42(29-32-52(49)60-53)56(48-26-15-19-38-18-11-12-24-44(38)48)43-28-31-46-45-30-27-39(37-16-5-2-6-17-37)34-50(45)59-51(46)36-43/h2-36,47H,60H2,1H3. The number of hydrogen-bond donors (Lipinski definition) is 0. The molecule has 286 valence electrons. The van der Waals surface area contributed by atoms with E-state index in [-0.39, 0.29) is 11.5 Å². The molecule has 1 aromatic heterocycles. The predicted octanol–water partition coefficient (Wildman–Crippen LogP) is 13.0.